The second-order valence-corrected chi connectivity index (χ2v) is 12.5. The number of benzene rings is 2. The molecular formula is C25H30BrClN2O4S. The first-order valence-corrected chi connectivity index (χ1v) is 14.3. The van der Waals surface area contributed by atoms with Crippen LogP contribution in [0.15, 0.2) is 57.9 Å². The molecule has 0 aromatic heterocycles. The molecule has 2 fully saturated rings. The molecule has 0 aliphatic carbocycles. The fraction of sp³-hybridized carbons (Fsp3) is 0.480. The van der Waals surface area contributed by atoms with Crippen molar-refractivity contribution in [2.45, 2.75) is 43.4 Å². The highest BCUT2D eigenvalue weighted by Crippen LogP contribution is 2.38. The van der Waals surface area contributed by atoms with Crippen molar-refractivity contribution in [2.75, 3.05) is 32.8 Å². The number of carbonyl (C=O) groups is 1. The first-order valence-electron chi connectivity index (χ1n) is 11.7. The molecule has 0 unspecified atom stereocenters. The molecule has 6 nitrogen and oxygen atoms in total. The number of amides is 1. The second-order valence-electron chi connectivity index (χ2n) is 9.26. The highest BCUT2D eigenvalue weighted by molar-refractivity contribution is 9.10. The number of likely N-dealkylation sites (tertiary alicyclic amines) is 1. The van der Waals surface area contributed by atoms with E-state index < -0.39 is 15.4 Å². The van der Waals surface area contributed by atoms with E-state index in [-0.39, 0.29) is 30.4 Å². The fourth-order valence-corrected chi connectivity index (χ4v) is 6.76. The average molecular weight is 570 g/mol. The molecule has 1 atom stereocenters. The average Bonchev–Trinajstić information content (AvgIpc) is 2.85. The minimum absolute atomic E-state index is 0.0855. The van der Waals surface area contributed by atoms with Gasteiger partial charge < -0.3 is 9.64 Å². The van der Waals surface area contributed by atoms with Crippen LogP contribution in [0.25, 0.3) is 0 Å². The summed E-state index contributed by atoms with van der Waals surface area (Å²) in [6.07, 6.45) is 4.86. The SMILES string of the molecule is O=C(C[C@@]1(COc2ccc(Cl)cc2)CCCN(S(=O)(=O)c2ccc(Br)cc2)C1)N1CCCCC1. The Morgan fingerprint density at radius 2 is 1.65 bits per heavy atom. The van der Waals surface area contributed by atoms with Crippen molar-refractivity contribution in [2.24, 2.45) is 5.41 Å². The highest BCUT2D eigenvalue weighted by atomic mass is 79.9. The Balaban J connectivity index is 1.57. The fourth-order valence-electron chi connectivity index (χ4n) is 4.78. The predicted octanol–water partition coefficient (Wildman–Crippen LogP) is 5.36. The summed E-state index contributed by atoms with van der Waals surface area (Å²) in [6.45, 7) is 2.49. The smallest absolute Gasteiger partial charge is 0.243 e. The number of halogens is 2. The van der Waals surface area contributed by atoms with Crippen molar-refractivity contribution in [3.63, 3.8) is 0 Å². The van der Waals surface area contributed by atoms with E-state index >= 15 is 0 Å². The van der Waals surface area contributed by atoms with Crippen LogP contribution in [0.4, 0.5) is 0 Å². The Labute approximate surface area is 215 Å². The Hall–Kier alpha value is -1.61. The minimum Gasteiger partial charge on any atom is -0.493 e. The van der Waals surface area contributed by atoms with Crippen molar-refractivity contribution >= 4 is 43.5 Å². The summed E-state index contributed by atoms with van der Waals surface area (Å²) in [5, 5.41) is 0.617. The summed E-state index contributed by atoms with van der Waals surface area (Å²) in [4.78, 5) is 15.5. The number of hydrogen-bond donors (Lipinski definition) is 0. The zero-order valence-corrected chi connectivity index (χ0v) is 22.2. The number of ether oxygens (including phenoxy) is 1. The standard InChI is InChI=1S/C25H30BrClN2O4S/c26-20-5-11-23(12-6-20)34(31,32)29-16-4-13-25(18-29,17-24(30)28-14-2-1-3-15-28)19-33-22-9-7-21(27)8-10-22/h5-12H,1-4,13-19H2/t25-/m0/s1. The Bertz CT molecular complexity index is 1090. The van der Waals surface area contributed by atoms with Crippen LogP contribution in [0.5, 0.6) is 5.75 Å². The van der Waals surface area contributed by atoms with Crippen LogP contribution < -0.4 is 4.74 Å². The van der Waals surface area contributed by atoms with Crippen LogP contribution in [0.1, 0.15) is 38.5 Å². The molecule has 2 heterocycles. The van der Waals surface area contributed by atoms with E-state index in [1.54, 1.807) is 48.5 Å². The molecule has 2 aromatic carbocycles. The lowest BCUT2D eigenvalue weighted by Gasteiger charge is -2.42. The highest BCUT2D eigenvalue weighted by Gasteiger charge is 2.43. The first-order chi connectivity index (χ1) is 16.3. The molecule has 2 aromatic rings. The maximum absolute atomic E-state index is 13.4. The van der Waals surface area contributed by atoms with Gasteiger partial charge in [0.05, 0.1) is 11.5 Å². The number of piperidine rings is 2. The molecule has 2 aliphatic rings. The van der Waals surface area contributed by atoms with Crippen LogP contribution in [0, 0.1) is 5.41 Å². The topological polar surface area (TPSA) is 66.9 Å². The lowest BCUT2D eigenvalue weighted by molar-refractivity contribution is -0.136. The van der Waals surface area contributed by atoms with Crippen molar-refractivity contribution in [3.05, 3.63) is 58.0 Å². The van der Waals surface area contributed by atoms with Crippen LogP contribution in [0.3, 0.4) is 0 Å². The van der Waals surface area contributed by atoms with Gasteiger partial charge in [-0.1, -0.05) is 27.5 Å². The molecule has 0 saturated carbocycles. The second kappa shape index (κ2) is 11.0. The predicted molar refractivity (Wildman–Crippen MR) is 137 cm³/mol. The van der Waals surface area contributed by atoms with Crippen LogP contribution in [0.2, 0.25) is 5.02 Å². The molecule has 2 aliphatic heterocycles. The van der Waals surface area contributed by atoms with Gasteiger partial charge in [-0.05, 0) is 80.6 Å². The van der Waals surface area contributed by atoms with Crippen molar-refractivity contribution in [1.29, 1.82) is 0 Å². The summed E-state index contributed by atoms with van der Waals surface area (Å²) in [5.41, 5.74) is -0.602. The summed E-state index contributed by atoms with van der Waals surface area (Å²) in [7, 11) is -3.68. The maximum atomic E-state index is 13.4. The molecule has 34 heavy (non-hydrogen) atoms. The monoisotopic (exact) mass is 568 g/mol. The summed E-state index contributed by atoms with van der Waals surface area (Å²) >= 11 is 9.36. The Morgan fingerprint density at radius 1 is 0.971 bits per heavy atom. The van der Waals surface area contributed by atoms with Gasteiger partial charge in [-0.25, -0.2) is 8.42 Å². The van der Waals surface area contributed by atoms with Crippen molar-refractivity contribution < 1.29 is 17.9 Å². The van der Waals surface area contributed by atoms with E-state index in [2.05, 4.69) is 15.9 Å². The van der Waals surface area contributed by atoms with Crippen molar-refractivity contribution in [3.8, 4) is 5.75 Å². The number of rotatable bonds is 7. The molecule has 1 amide bonds. The quantitative estimate of drug-likeness (QED) is 0.451. The van der Waals surface area contributed by atoms with Gasteiger partial charge >= 0.3 is 0 Å². The maximum Gasteiger partial charge on any atom is 0.243 e. The summed E-state index contributed by atoms with van der Waals surface area (Å²) in [6, 6.07) is 13.8. The van der Waals surface area contributed by atoms with Gasteiger partial charge in [-0.2, -0.15) is 4.31 Å². The van der Waals surface area contributed by atoms with Crippen LogP contribution in [-0.2, 0) is 14.8 Å². The Kier molecular flexibility index (Phi) is 8.23. The van der Waals surface area contributed by atoms with Gasteiger partial charge in [0.2, 0.25) is 15.9 Å². The van der Waals surface area contributed by atoms with Crippen LogP contribution in [-0.4, -0.2) is 56.3 Å². The normalized spacial score (nSPS) is 21.9. The number of sulfonamides is 1. The van der Waals surface area contributed by atoms with Gasteiger partial charge in [0.25, 0.3) is 0 Å². The Morgan fingerprint density at radius 3 is 2.32 bits per heavy atom. The molecular weight excluding hydrogens is 540 g/mol. The molecule has 0 N–H and O–H groups in total. The van der Waals surface area contributed by atoms with E-state index in [9.17, 15) is 13.2 Å². The van der Waals surface area contributed by atoms with Gasteiger partial charge in [-0.15, -0.1) is 0 Å². The first kappa shape index (κ1) is 25.5. The molecule has 0 bridgehead atoms. The molecule has 0 spiro atoms. The lowest BCUT2D eigenvalue weighted by atomic mass is 9.78. The molecule has 4 rings (SSSR count). The summed E-state index contributed by atoms with van der Waals surface area (Å²) in [5.74, 6) is 0.740. The largest absolute Gasteiger partial charge is 0.493 e. The minimum atomic E-state index is -3.68. The summed E-state index contributed by atoms with van der Waals surface area (Å²) < 4.78 is 35.4. The van der Waals surface area contributed by atoms with E-state index in [1.165, 1.54) is 4.31 Å². The lowest BCUT2D eigenvalue weighted by Crippen LogP contribution is -2.51. The third-order valence-electron chi connectivity index (χ3n) is 6.67. The molecule has 184 valence electrons. The van der Waals surface area contributed by atoms with Crippen LogP contribution >= 0.6 is 27.5 Å². The van der Waals surface area contributed by atoms with E-state index in [1.807, 2.05) is 4.90 Å². The zero-order valence-electron chi connectivity index (χ0n) is 19.1. The van der Waals surface area contributed by atoms with Gasteiger partial charge in [-0.3, -0.25) is 4.79 Å². The van der Waals surface area contributed by atoms with Gasteiger partial charge in [0, 0.05) is 47.5 Å². The molecule has 2 saturated heterocycles. The van der Waals surface area contributed by atoms with E-state index in [0.717, 1.165) is 43.2 Å². The number of carbonyl (C=O) groups excluding carboxylic acids is 1. The number of hydrogen-bond acceptors (Lipinski definition) is 4. The van der Waals surface area contributed by atoms with Gasteiger partial charge in [0.1, 0.15) is 5.75 Å². The third-order valence-corrected chi connectivity index (χ3v) is 9.31. The molecule has 9 heteroatoms. The van der Waals surface area contributed by atoms with E-state index in [0.29, 0.717) is 23.7 Å². The number of nitrogens with zero attached hydrogens (tertiary/aromatic N) is 2. The molecule has 0 radical (unpaired) electrons. The van der Waals surface area contributed by atoms with Gasteiger partial charge in [0.15, 0.2) is 0 Å². The van der Waals surface area contributed by atoms with Crippen molar-refractivity contribution in [1.82, 2.24) is 9.21 Å². The third kappa shape index (κ3) is 6.14. The van der Waals surface area contributed by atoms with E-state index in [4.69, 9.17) is 16.3 Å². The zero-order chi connectivity index (χ0) is 24.2.